The van der Waals surface area contributed by atoms with Crippen molar-refractivity contribution in [1.29, 1.82) is 0 Å². The van der Waals surface area contributed by atoms with E-state index in [1.807, 2.05) is 0 Å². The lowest BCUT2D eigenvalue weighted by molar-refractivity contribution is -0.158. The smallest absolute Gasteiger partial charge is 0.313 e. The molecule has 0 atom stereocenters. The minimum Gasteiger partial charge on any atom is -0.393 e. The van der Waals surface area contributed by atoms with E-state index in [1.54, 1.807) is 7.11 Å². The monoisotopic (exact) mass is 202 g/mol. The average molecular weight is 202 g/mol. The number of esters is 2. The van der Waals surface area contributed by atoms with E-state index >= 15 is 0 Å². The maximum atomic E-state index is 10.9. The van der Waals surface area contributed by atoms with E-state index in [2.05, 4.69) is 4.74 Å². The molecule has 0 fully saturated rings. The molecule has 0 saturated carbocycles. The van der Waals surface area contributed by atoms with Crippen molar-refractivity contribution in [3.63, 3.8) is 0 Å². The Labute approximate surface area is 84.6 Å². The van der Waals surface area contributed by atoms with Gasteiger partial charge in [0.05, 0.1) is 0 Å². The molecule has 82 valence electrons. The van der Waals surface area contributed by atoms with Gasteiger partial charge in [0.2, 0.25) is 0 Å². The van der Waals surface area contributed by atoms with E-state index in [0.717, 1.165) is 32.3 Å². The number of rotatable bonds is 7. The first-order chi connectivity index (χ1) is 6.66. The first-order valence-electron chi connectivity index (χ1n) is 4.87. The number of methoxy groups -OCH3 is 1. The molecule has 0 aromatic rings. The molecule has 0 radical (unpaired) electrons. The maximum Gasteiger partial charge on any atom is 0.313 e. The average Bonchev–Trinajstić information content (AvgIpc) is 2.10. The highest BCUT2D eigenvalue weighted by molar-refractivity contribution is 5.83. The molecule has 0 heterocycles. The van der Waals surface area contributed by atoms with Crippen LogP contribution in [0.15, 0.2) is 0 Å². The van der Waals surface area contributed by atoms with Crippen LogP contribution in [0.3, 0.4) is 0 Å². The molecule has 0 bridgehead atoms. The van der Waals surface area contributed by atoms with Gasteiger partial charge in [-0.1, -0.05) is 12.8 Å². The highest BCUT2D eigenvalue weighted by Gasteiger charge is 2.04. The van der Waals surface area contributed by atoms with Gasteiger partial charge in [0.25, 0.3) is 0 Å². The van der Waals surface area contributed by atoms with Crippen LogP contribution in [0.1, 0.15) is 39.0 Å². The van der Waals surface area contributed by atoms with Crippen LogP contribution in [0.4, 0.5) is 0 Å². The lowest BCUT2D eigenvalue weighted by Crippen LogP contribution is -2.08. The highest BCUT2D eigenvalue weighted by Crippen LogP contribution is 2.04. The zero-order valence-corrected chi connectivity index (χ0v) is 8.88. The van der Waals surface area contributed by atoms with Gasteiger partial charge in [-0.25, -0.2) is 0 Å². The third-order valence-corrected chi connectivity index (χ3v) is 1.74. The molecule has 4 heteroatoms. The van der Waals surface area contributed by atoms with Crippen molar-refractivity contribution in [2.45, 2.75) is 39.0 Å². The van der Waals surface area contributed by atoms with Crippen LogP contribution in [0, 0.1) is 0 Å². The van der Waals surface area contributed by atoms with Crippen LogP contribution in [-0.4, -0.2) is 25.7 Å². The molecule has 0 aromatic heterocycles. The molecule has 0 aliphatic rings. The summed E-state index contributed by atoms with van der Waals surface area (Å²) < 4.78 is 9.26. The zero-order valence-electron chi connectivity index (χ0n) is 8.88. The van der Waals surface area contributed by atoms with Gasteiger partial charge in [-0.3, -0.25) is 9.59 Å². The Kier molecular flexibility index (Phi) is 8.13. The Morgan fingerprint density at radius 1 is 1.07 bits per heavy atom. The van der Waals surface area contributed by atoms with Crippen molar-refractivity contribution in [1.82, 2.24) is 0 Å². The van der Waals surface area contributed by atoms with Gasteiger partial charge in [-0.15, -0.1) is 0 Å². The fourth-order valence-electron chi connectivity index (χ4n) is 1.08. The first-order valence-corrected chi connectivity index (χ1v) is 4.87. The minimum absolute atomic E-state index is 0.326. The van der Waals surface area contributed by atoms with Crippen LogP contribution in [0.2, 0.25) is 0 Å². The Hall–Kier alpha value is -0.900. The van der Waals surface area contributed by atoms with Crippen LogP contribution < -0.4 is 0 Å². The molecular formula is C10H18O4. The number of hydrogen-bond acceptors (Lipinski definition) is 4. The normalized spacial score (nSPS) is 9.86. The van der Waals surface area contributed by atoms with Gasteiger partial charge in [0, 0.05) is 27.1 Å². The van der Waals surface area contributed by atoms with Crippen molar-refractivity contribution >= 4 is 11.9 Å². The Bertz CT molecular complexity index is 177. The molecule has 0 aliphatic heterocycles. The second kappa shape index (κ2) is 8.69. The van der Waals surface area contributed by atoms with Crippen molar-refractivity contribution in [2.24, 2.45) is 0 Å². The Morgan fingerprint density at radius 3 is 2.29 bits per heavy atom. The fourth-order valence-corrected chi connectivity index (χ4v) is 1.08. The van der Waals surface area contributed by atoms with Gasteiger partial charge in [0.15, 0.2) is 0 Å². The zero-order chi connectivity index (χ0) is 10.8. The van der Waals surface area contributed by atoms with E-state index in [4.69, 9.17) is 4.74 Å². The number of ether oxygens (including phenoxy) is 2. The summed E-state index contributed by atoms with van der Waals surface area (Å²) in [4.78, 5) is 21.2. The topological polar surface area (TPSA) is 52.6 Å². The van der Waals surface area contributed by atoms with Crippen LogP contribution >= 0.6 is 0 Å². The Balaban J connectivity index is 3.19. The summed E-state index contributed by atoms with van der Waals surface area (Å²) in [6, 6.07) is 0. The summed E-state index contributed by atoms with van der Waals surface area (Å²) >= 11 is 0. The third-order valence-electron chi connectivity index (χ3n) is 1.74. The predicted octanol–water partition coefficient (Wildman–Crippen LogP) is 1.67. The molecule has 0 aromatic carbocycles. The van der Waals surface area contributed by atoms with Crippen molar-refractivity contribution < 1.29 is 19.1 Å². The summed E-state index contributed by atoms with van der Waals surface area (Å²) in [7, 11) is 1.67. The summed E-state index contributed by atoms with van der Waals surface area (Å²) in [5, 5.41) is 0. The number of carbonyl (C=O) groups is 2. The van der Waals surface area contributed by atoms with E-state index in [0.29, 0.717) is 6.42 Å². The summed E-state index contributed by atoms with van der Waals surface area (Å²) in [5.74, 6) is -0.960. The van der Waals surface area contributed by atoms with Gasteiger partial charge < -0.3 is 9.47 Å². The Morgan fingerprint density at radius 2 is 1.71 bits per heavy atom. The molecule has 14 heavy (non-hydrogen) atoms. The summed E-state index contributed by atoms with van der Waals surface area (Å²) in [5.41, 5.74) is 0. The fraction of sp³-hybridized carbons (Fsp3) is 0.800. The van der Waals surface area contributed by atoms with E-state index < -0.39 is 11.9 Å². The van der Waals surface area contributed by atoms with Gasteiger partial charge in [0.1, 0.15) is 0 Å². The van der Waals surface area contributed by atoms with E-state index in [1.165, 1.54) is 6.92 Å². The SMILES string of the molecule is COCCCCCCC(=O)OC(C)=O. The summed E-state index contributed by atoms with van der Waals surface area (Å²) in [6.45, 7) is 1.99. The van der Waals surface area contributed by atoms with Gasteiger partial charge in [-0.2, -0.15) is 0 Å². The molecule has 0 saturated heterocycles. The van der Waals surface area contributed by atoms with Crippen molar-refractivity contribution in [2.75, 3.05) is 13.7 Å². The molecular weight excluding hydrogens is 184 g/mol. The molecule has 0 amide bonds. The molecule has 0 N–H and O–H groups in total. The number of carbonyl (C=O) groups excluding carboxylic acids is 2. The second-order valence-corrected chi connectivity index (χ2v) is 3.12. The maximum absolute atomic E-state index is 10.9. The summed E-state index contributed by atoms with van der Waals surface area (Å²) in [6.07, 6.45) is 4.12. The first kappa shape index (κ1) is 13.1. The lowest BCUT2D eigenvalue weighted by atomic mass is 10.1. The number of unbranched alkanes of at least 4 members (excludes halogenated alkanes) is 3. The predicted molar refractivity (Wildman–Crippen MR) is 51.7 cm³/mol. The molecule has 0 aliphatic carbocycles. The standard InChI is InChI=1S/C10H18O4/c1-9(11)14-10(12)7-5-3-4-6-8-13-2/h3-8H2,1-2H3. The molecule has 0 unspecified atom stereocenters. The largest absolute Gasteiger partial charge is 0.393 e. The van der Waals surface area contributed by atoms with Gasteiger partial charge in [-0.05, 0) is 12.8 Å². The van der Waals surface area contributed by atoms with Crippen molar-refractivity contribution in [3.05, 3.63) is 0 Å². The van der Waals surface area contributed by atoms with E-state index in [-0.39, 0.29) is 0 Å². The van der Waals surface area contributed by atoms with Crippen LogP contribution in [0.25, 0.3) is 0 Å². The molecule has 0 rings (SSSR count). The van der Waals surface area contributed by atoms with Gasteiger partial charge >= 0.3 is 11.9 Å². The molecule has 4 nitrogen and oxygen atoms in total. The van der Waals surface area contributed by atoms with Crippen LogP contribution in [-0.2, 0) is 19.1 Å². The second-order valence-electron chi connectivity index (χ2n) is 3.12. The van der Waals surface area contributed by atoms with Crippen molar-refractivity contribution in [3.8, 4) is 0 Å². The quantitative estimate of drug-likeness (QED) is 0.358. The number of hydrogen-bond donors (Lipinski definition) is 0. The molecule has 0 spiro atoms. The minimum atomic E-state index is -0.533. The highest BCUT2D eigenvalue weighted by atomic mass is 16.6. The van der Waals surface area contributed by atoms with Crippen LogP contribution in [0.5, 0.6) is 0 Å². The lowest BCUT2D eigenvalue weighted by Gasteiger charge is -2.00. The third kappa shape index (κ3) is 9.19. The van der Waals surface area contributed by atoms with E-state index in [9.17, 15) is 9.59 Å².